The third-order valence-corrected chi connectivity index (χ3v) is 8.34. The molecule has 37 heavy (non-hydrogen) atoms. The average molecular weight is 535 g/mol. The molecule has 2 rings (SSSR count). The van der Waals surface area contributed by atoms with Gasteiger partial charge in [0.25, 0.3) is 0 Å². The average Bonchev–Trinajstić information content (AvgIpc) is 2.88. The summed E-state index contributed by atoms with van der Waals surface area (Å²) in [6.07, 6.45) is 12.7. The second-order valence-electron chi connectivity index (χ2n) is 11.3. The molecule has 2 atom stereocenters. The number of rotatable bonds is 20. The standard InChI is InChI=1S/C30H48F2N2O2Si/c1-5-15-28(31)29(32)24-36-30-33-22-26(23-34-30)25-16-18-27(19-17-25)35-20-13-11-9-7-6-8-10-12-14-21-37(2,3)4/h16-19,22-23,28-29H,5-15,20-21,24H2,1-4H3/t28-,29-/m0/s1. The zero-order valence-corrected chi connectivity index (χ0v) is 24.5. The van der Waals surface area contributed by atoms with Crippen LogP contribution >= 0.6 is 0 Å². The molecular weight excluding hydrogens is 486 g/mol. The van der Waals surface area contributed by atoms with Crippen LogP contribution in [0.15, 0.2) is 36.7 Å². The Morgan fingerprint density at radius 3 is 1.86 bits per heavy atom. The predicted octanol–water partition coefficient (Wildman–Crippen LogP) is 9.23. The van der Waals surface area contributed by atoms with Gasteiger partial charge in [-0.25, -0.2) is 18.7 Å². The van der Waals surface area contributed by atoms with E-state index in [1.807, 2.05) is 31.2 Å². The summed E-state index contributed by atoms with van der Waals surface area (Å²) in [6, 6.07) is 9.35. The monoisotopic (exact) mass is 534 g/mol. The zero-order chi connectivity index (χ0) is 26.9. The van der Waals surface area contributed by atoms with Crippen molar-refractivity contribution >= 4 is 8.07 Å². The number of aromatic nitrogens is 2. The van der Waals surface area contributed by atoms with Gasteiger partial charge in [0.15, 0.2) is 6.17 Å². The number of unbranched alkanes of at least 4 members (excludes halogenated alkanes) is 8. The first kappa shape index (κ1) is 31.2. The minimum atomic E-state index is -1.67. The Labute approximate surface area is 224 Å². The van der Waals surface area contributed by atoms with Crippen molar-refractivity contribution in [3.63, 3.8) is 0 Å². The molecule has 0 unspecified atom stereocenters. The Balaban J connectivity index is 1.56. The van der Waals surface area contributed by atoms with Crippen molar-refractivity contribution in [3.05, 3.63) is 36.7 Å². The van der Waals surface area contributed by atoms with E-state index in [9.17, 15) is 8.78 Å². The zero-order valence-electron chi connectivity index (χ0n) is 23.5. The highest BCUT2D eigenvalue weighted by atomic mass is 28.3. The minimum absolute atomic E-state index is 0.0486. The van der Waals surface area contributed by atoms with Crippen molar-refractivity contribution in [2.75, 3.05) is 13.2 Å². The molecule has 0 saturated carbocycles. The van der Waals surface area contributed by atoms with Crippen LogP contribution in [0, 0.1) is 0 Å². The first-order valence-electron chi connectivity index (χ1n) is 14.2. The largest absolute Gasteiger partial charge is 0.494 e. The lowest BCUT2D eigenvalue weighted by Gasteiger charge is -2.14. The fourth-order valence-electron chi connectivity index (χ4n) is 4.18. The lowest BCUT2D eigenvalue weighted by molar-refractivity contribution is 0.0983. The fraction of sp³-hybridized carbons (Fsp3) is 0.667. The van der Waals surface area contributed by atoms with Crippen LogP contribution in [0.25, 0.3) is 11.1 Å². The number of hydrogen-bond donors (Lipinski definition) is 0. The molecule has 0 amide bonds. The van der Waals surface area contributed by atoms with Crippen molar-refractivity contribution in [3.8, 4) is 22.9 Å². The number of ether oxygens (including phenoxy) is 2. The molecule has 0 N–H and O–H groups in total. The number of halogens is 2. The third-order valence-electron chi connectivity index (χ3n) is 6.48. The van der Waals surface area contributed by atoms with Crippen LogP contribution in [-0.2, 0) is 0 Å². The van der Waals surface area contributed by atoms with Gasteiger partial charge in [0, 0.05) is 26.0 Å². The Bertz CT molecular complexity index is 844. The van der Waals surface area contributed by atoms with Crippen LogP contribution in [0.4, 0.5) is 8.78 Å². The molecular formula is C30H48F2N2O2Si. The smallest absolute Gasteiger partial charge is 0.316 e. The van der Waals surface area contributed by atoms with E-state index in [4.69, 9.17) is 9.47 Å². The lowest BCUT2D eigenvalue weighted by atomic mass is 10.1. The molecule has 0 saturated heterocycles. The number of alkyl halides is 2. The molecule has 0 aliphatic rings. The van der Waals surface area contributed by atoms with Crippen LogP contribution in [0.1, 0.15) is 77.6 Å². The highest BCUT2D eigenvalue weighted by molar-refractivity contribution is 6.76. The highest BCUT2D eigenvalue weighted by Crippen LogP contribution is 2.23. The maximum absolute atomic E-state index is 13.7. The van der Waals surface area contributed by atoms with Gasteiger partial charge in [-0.3, -0.25) is 0 Å². The van der Waals surface area contributed by atoms with E-state index in [-0.39, 0.29) is 19.0 Å². The number of hydrogen-bond acceptors (Lipinski definition) is 4. The maximum Gasteiger partial charge on any atom is 0.316 e. The third kappa shape index (κ3) is 13.9. The fourth-order valence-corrected chi connectivity index (χ4v) is 5.49. The molecule has 1 aromatic heterocycles. The van der Waals surface area contributed by atoms with Crippen molar-refractivity contribution in [2.45, 2.75) is 116 Å². The molecule has 0 bridgehead atoms. The molecule has 1 heterocycles. The molecule has 0 fully saturated rings. The van der Waals surface area contributed by atoms with Crippen LogP contribution in [-0.4, -0.2) is 43.6 Å². The molecule has 2 aromatic rings. The summed E-state index contributed by atoms with van der Waals surface area (Å²) in [5.41, 5.74) is 1.77. The SMILES string of the molecule is CCC[C@H](F)[C@@H](F)COc1ncc(-c2ccc(OCCCCCCCCCCC[Si](C)(C)C)cc2)cn1. The molecule has 208 valence electrons. The summed E-state index contributed by atoms with van der Waals surface area (Å²) < 4.78 is 38.4. The van der Waals surface area contributed by atoms with Gasteiger partial charge in [-0.1, -0.05) is 103 Å². The Kier molecular flexibility index (Phi) is 14.7. The summed E-state index contributed by atoms with van der Waals surface area (Å²) in [6.45, 7) is 9.56. The Hall–Kier alpha value is -2.02. The van der Waals surface area contributed by atoms with Gasteiger partial charge in [0.1, 0.15) is 18.5 Å². The van der Waals surface area contributed by atoms with Gasteiger partial charge in [-0.05, 0) is 30.5 Å². The van der Waals surface area contributed by atoms with E-state index >= 15 is 0 Å². The normalized spacial score (nSPS) is 13.4. The predicted molar refractivity (Wildman–Crippen MR) is 153 cm³/mol. The molecule has 4 nitrogen and oxygen atoms in total. The minimum Gasteiger partial charge on any atom is -0.494 e. The molecule has 1 aromatic carbocycles. The van der Waals surface area contributed by atoms with Crippen LogP contribution in [0.2, 0.25) is 25.7 Å². The van der Waals surface area contributed by atoms with Crippen molar-refractivity contribution in [1.82, 2.24) is 9.97 Å². The summed E-state index contributed by atoms with van der Waals surface area (Å²) in [5, 5.41) is 0. The number of benzene rings is 1. The molecule has 0 radical (unpaired) electrons. The topological polar surface area (TPSA) is 44.2 Å². The molecule has 7 heteroatoms. The van der Waals surface area contributed by atoms with Crippen LogP contribution < -0.4 is 9.47 Å². The summed E-state index contributed by atoms with van der Waals surface area (Å²) >= 11 is 0. The van der Waals surface area contributed by atoms with Crippen molar-refractivity contribution in [1.29, 1.82) is 0 Å². The van der Waals surface area contributed by atoms with Gasteiger partial charge >= 0.3 is 6.01 Å². The summed E-state index contributed by atoms with van der Waals surface area (Å²) in [7, 11) is -0.846. The van der Waals surface area contributed by atoms with Gasteiger partial charge in [0.2, 0.25) is 0 Å². The van der Waals surface area contributed by atoms with Crippen LogP contribution in [0.5, 0.6) is 11.8 Å². The summed E-state index contributed by atoms with van der Waals surface area (Å²) in [5.74, 6) is 0.852. The van der Waals surface area contributed by atoms with E-state index in [1.54, 1.807) is 12.4 Å². The molecule has 0 aliphatic carbocycles. The van der Waals surface area contributed by atoms with E-state index in [1.165, 1.54) is 57.4 Å². The van der Waals surface area contributed by atoms with Gasteiger partial charge in [-0.2, -0.15) is 0 Å². The van der Waals surface area contributed by atoms with Gasteiger partial charge < -0.3 is 9.47 Å². The number of nitrogens with zero attached hydrogens (tertiary/aromatic N) is 2. The van der Waals surface area contributed by atoms with E-state index in [2.05, 4.69) is 29.6 Å². The maximum atomic E-state index is 13.7. The molecule has 0 aliphatic heterocycles. The summed E-state index contributed by atoms with van der Waals surface area (Å²) in [4.78, 5) is 8.24. The lowest BCUT2D eigenvalue weighted by Crippen LogP contribution is -2.24. The second kappa shape index (κ2) is 17.5. The van der Waals surface area contributed by atoms with Crippen LogP contribution in [0.3, 0.4) is 0 Å². The van der Waals surface area contributed by atoms with Crippen molar-refractivity contribution < 1.29 is 18.3 Å². The second-order valence-corrected chi connectivity index (χ2v) is 16.9. The Morgan fingerprint density at radius 2 is 1.30 bits per heavy atom. The van der Waals surface area contributed by atoms with Gasteiger partial charge in [-0.15, -0.1) is 0 Å². The van der Waals surface area contributed by atoms with E-state index in [0.29, 0.717) is 6.42 Å². The first-order valence-corrected chi connectivity index (χ1v) is 18.0. The van der Waals surface area contributed by atoms with E-state index in [0.717, 1.165) is 29.9 Å². The Morgan fingerprint density at radius 1 is 0.730 bits per heavy atom. The van der Waals surface area contributed by atoms with Gasteiger partial charge in [0.05, 0.1) is 6.61 Å². The first-order chi connectivity index (χ1) is 17.8. The quantitative estimate of drug-likeness (QED) is 0.125. The van der Waals surface area contributed by atoms with E-state index < -0.39 is 20.4 Å². The van der Waals surface area contributed by atoms with Crippen molar-refractivity contribution in [2.24, 2.45) is 0 Å². The highest BCUT2D eigenvalue weighted by Gasteiger charge is 2.20. The molecule has 0 spiro atoms.